The number of fused-ring (bicyclic) bond motifs is 1. The van der Waals surface area contributed by atoms with Crippen LogP contribution in [0.5, 0.6) is 0 Å². The first-order valence-corrected chi connectivity index (χ1v) is 9.01. The Balaban J connectivity index is 1.75. The molecule has 0 amide bonds. The van der Waals surface area contributed by atoms with Crippen LogP contribution in [0, 0.1) is 0 Å². The van der Waals surface area contributed by atoms with Crippen molar-refractivity contribution in [2.75, 3.05) is 0 Å². The van der Waals surface area contributed by atoms with Crippen LogP contribution in [0.3, 0.4) is 0 Å². The molecule has 0 fully saturated rings. The molecule has 0 aliphatic carbocycles. The summed E-state index contributed by atoms with van der Waals surface area (Å²) >= 11 is 1.72. The Morgan fingerprint density at radius 2 is 1.79 bits per heavy atom. The zero-order valence-corrected chi connectivity index (χ0v) is 14.3. The second-order valence-corrected chi connectivity index (χ2v) is 6.41. The molecular formula is C19H18N4S. The minimum atomic E-state index is 0.803. The van der Waals surface area contributed by atoms with Crippen LogP contribution >= 0.6 is 11.8 Å². The van der Waals surface area contributed by atoms with Crippen LogP contribution in [0.4, 0.5) is 0 Å². The van der Waals surface area contributed by atoms with E-state index in [-0.39, 0.29) is 0 Å². The van der Waals surface area contributed by atoms with Gasteiger partial charge >= 0.3 is 0 Å². The van der Waals surface area contributed by atoms with E-state index in [0.717, 1.165) is 40.0 Å². The maximum Gasteiger partial charge on any atom is 0.174 e. The van der Waals surface area contributed by atoms with Gasteiger partial charge in [-0.05, 0) is 31.2 Å². The predicted molar refractivity (Wildman–Crippen MR) is 98.5 cm³/mol. The Hall–Kier alpha value is -2.53. The molecule has 0 saturated heterocycles. The van der Waals surface area contributed by atoms with Crippen LogP contribution in [-0.4, -0.2) is 19.1 Å². The van der Waals surface area contributed by atoms with Crippen molar-refractivity contribution in [3.8, 4) is 5.69 Å². The molecule has 5 heteroatoms. The highest BCUT2D eigenvalue weighted by Crippen LogP contribution is 2.29. The summed E-state index contributed by atoms with van der Waals surface area (Å²) < 4.78 is 4.39. The number of thioether (sulfide) groups is 1. The molecule has 0 aliphatic heterocycles. The number of rotatable bonds is 5. The molecule has 0 atom stereocenters. The van der Waals surface area contributed by atoms with Gasteiger partial charge in [0.25, 0.3) is 0 Å². The molecule has 0 aliphatic rings. The van der Waals surface area contributed by atoms with Crippen LogP contribution in [0.1, 0.15) is 12.7 Å². The number of nitrogens with zero attached hydrogens (tertiary/aromatic N) is 4. The Morgan fingerprint density at radius 3 is 2.62 bits per heavy atom. The third-order valence-corrected chi connectivity index (χ3v) is 4.95. The molecule has 0 saturated carbocycles. The highest BCUT2D eigenvalue weighted by Gasteiger charge is 2.13. The summed E-state index contributed by atoms with van der Waals surface area (Å²) in [4.78, 5) is 9.30. The van der Waals surface area contributed by atoms with Crippen LogP contribution < -0.4 is 0 Å². The van der Waals surface area contributed by atoms with Gasteiger partial charge in [0.1, 0.15) is 5.82 Å². The van der Waals surface area contributed by atoms with E-state index in [4.69, 9.17) is 4.98 Å². The molecule has 0 bridgehead atoms. The van der Waals surface area contributed by atoms with E-state index < -0.39 is 0 Å². The monoisotopic (exact) mass is 334 g/mol. The van der Waals surface area contributed by atoms with Gasteiger partial charge in [-0.1, -0.05) is 42.1 Å². The quantitative estimate of drug-likeness (QED) is 0.503. The van der Waals surface area contributed by atoms with Gasteiger partial charge in [-0.3, -0.25) is 4.57 Å². The molecule has 0 unspecified atom stereocenters. The Bertz CT molecular complexity index is 956. The molecule has 0 radical (unpaired) electrons. The average molecular weight is 334 g/mol. The van der Waals surface area contributed by atoms with Gasteiger partial charge in [0, 0.05) is 24.6 Å². The molecule has 0 spiro atoms. The molecule has 4 aromatic rings. The molecule has 120 valence electrons. The van der Waals surface area contributed by atoms with Crippen molar-refractivity contribution in [2.24, 2.45) is 0 Å². The van der Waals surface area contributed by atoms with Crippen molar-refractivity contribution in [1.82, 2.24) is 19.1 Å². The van der Waals surface area contributed by atoms with E-state index in [1.54, 1.807) is 11.8 Å². The summed E-state index contributed by atoms with van der Waals surface area (Å²) in [6, 6.07) is 18.7. The predicted octanol–water partition coefficient (Wildman–Crippen LogP) is 4.53. The minimum absolute atomic E-state index is 0.803. The van der Waals surface area contributed by atoms with Gasteiger partial charge in [0.2, 0.25) is 0 Å². The van der Waals surface area contributed by atoms with E-state index in [2.05, 4.69) is 63.5 Å². The lowest BCUT2D eigenvalue weighted by Gasteiger charge is -2.09. The van der Waals surface area contributed by atoms with Crippen LogP contribution in [0.2, 0.25) is 0 Å². The van der Waals surface area contributed by atoms with E-state index in [0.29, 0.717) is 0 Å². The summed E-state index contributed by atoms with van der Waals surface area (Å²) in [5.74, 6) is 1.88. The number of aryl methyl sites for hydroxylation is 1. The molecule has 4 nitrogen and oxygen atoms in total. The molecule has 2 aromatic heterocycles. The lowest BCUT2D eigenvalue weighted by Crippen LogP contribution is -2.01. The van der Waals surface area contributed by atoms with Crippen molar-refractivity contribution < 1.29 is 0 Å². The van der Waals surface area contributed by atoms with Crippen molar-refractivity contribution in [3.05, 3.63) is 72.8 Å². The molecule has 2 heterocycles. The summed E-state index contributed by atoms with van der Waals surface area (Å²) in [6.07, 6.45) is 3.88. The number of hydrogen-bond acceptors (Lipinski definition) is 3. The Morgan fingerprint density at radius 1 is 1.00 bits per heavy atom. The first kappa shape index (κ1) is 15.0. The highest BCUT2D eigenvalue weighted by molar-refractivity contribution is 7.98. The van der Waals surface area contributed by atoms with Crippen LogP contribution in [0.15, 0.2) is 72.1 Å². The molecule has 4 rings (SSSR count). The summed E-state index contributed by atoms with van der Waals surface area (Å²) in [7, 11) is 0. The fourth-order valence-corrected chi connectivity index (χ4v) is 3.82. The SMILES string of the molecule is CCn1ccnc1CSc1nc2ccccc2n1-c1ccccc1. The van der Waals surface area contributed by atoms with Crippen molar-refractivity contribution >= 4 is 22.8 Å². The number of aromatic nitrogens is 4. The Labute approximate surface area is 145 Å². The normalized spacial score (nSPS) is 11.2. The van der Waals surface area contributed by atoms with Crippen molar-refractivity contribution in [1.29, 1.82) is 0 Å². The third kappa shape index (κ3) is 2.71. The van der Waals surface area contributed by atoms with E-state index in [1.165, 1.54) is 0 Å². The number of para-hydroxylation sites is 3. The lowest BCUT2D eigenvalue weighted by molar-refractivity contribution is 0.725. The number of hydrogen-bond donors (Lipinski definition) is 0. The molecule has 24 heavy (non-hydrogen) atoms. The molecule has 2 aromatic carbocycles. The third-order valence-electron chi connectivity index (χ3n) is 4.02. The topological polar surface area (TPSA) is 35.6 Å². The summed E-state index contributed by atoms with van der Waals surface area (Å²) in [5.41, 5.74) is 3.28. The first-order chi connectivity index (χ1) is 11.9. The standard InChI is InChI=1S/C19H18N4S/c1-2-22-13-12-20-18(22)14-24-19-21-16-10-6-7-11-17(16)23(19)15-8-4-3-5-9-15/h3-13H,2,14H2,1H3. The summed E-state index contributed by atoms with van der Waals surface area (Å²) in [6.45, 7) is 3.07. The van der Waals surface area contributed by atoms with Gasteiger partial charge in [0.05, 0.1) is 16.8 Å². The number of benzene rings is 2. The zero-order chi connectivity index (χ0) is 16.4. The van der Waals surface area contributed by atoms with Gasteiger partial charge in [-0.25, -0.2) is 9.97 Å². The largest absolute Gasteiger partial charge is 0.335 e. The molecule has 0 N–H and O–H groups in total. The van der Waals surface area contributed by atoms with Gasteiger partial charge < -0.3 is 4.57 Å². The Kier molecular flexibility index (Phi) is 4.09. The second-order valence-electron chi connectivity index (χ2n) is 5.47. The second kappa shape index (κ2) is 6.53. The smallest absolute Gasteiger partial charge is 0.174 e. The minimum Gasteiger partial charge on any atom is -0.335 e. The van der Waals surface area contributed by atoms with Crippen molar-refractivity contribution in [2.45, 2.75) is 24.4 Å². The van der Waals surface area contributed by atoms with Gasteiger partial charge in [0.15, 0.2) is 5.16 Å². The van der Waals surface area contributed by atoms with Gasteiger partial charge in [-0.2, -0.15) is 0 Å². The van der Waals surface area contributed by atoms with E-state index in [1.807, 2.05) is 24.5 Å². The van der Waals surface area contributed by atoms with Gasteiger partial charge in [-0.15, -0.1) is 0 Å². The summed E-state index contributed by atoms with van der Waals surface area (Å²) in [5, 5.41) is 0.994. The van der Waals surface area contributed by atoms with E-state index in [9.17, 15) is 0 Å². The number of imidazole rings is 2. The van der Waals surface area contributed by atoms with Crippen LogP contribution in [-0.2, 0) is 12.3 Å². The van der Waals surface area contributed by atoms with E-state index >= 15 is 0 Å². The first-order valence-electron chi connectivity index (χ1n) is 8.02. The van der Waals surface area contributed by atoms with Crippen LogP contribution in [0.25, 0.3) is 16.7 Å². The maximum atomic E-state index is 4.83. The zero-order valence-electron chi connectivity index (χ0n) is 13.5. The fourth-order valence-electron chi connectivity index (χ4n) is 2.82. The van der Waals surface area contributed by atoms with Crippen molar-refractivity contribution in [3.63, 3.8) is 0 Å². The molecular weight excluding hydrogens is 316 g/mol. The average Bonchev–Trinajstić information content (AvgIpc) is 3.24. The fraction of sp³-hybridized carbons (Fsp3) is 0.158. The lowest BCUT2D eigenvalue weighted by atomic mass is 10.3. The highest BCUT2D eigenvalue weighted by atomic mass is 32.2. The maximum absolute atomic E-state index is 4.83.